The molecule has 23 heavy (non-hydrogen) atoms. The van der Waals surface area contributed by atoms with Gasteiger partial charge in [0, 0.05) is 13.5 Å². The molecule has 1 aliphatic heterocycles. The largest absolute Gasteiger partial charge is 0.460 e. The maximum atomic E-state index is 11.9. The fourth-order valence-corrected chi connectivity index (χ4v) is 2.44. The number of methoxy groups -OCH3 is 1. The highest BCUT2D eigenvalue weighted by atomic mass is 16.6. The van der Waals surface area contributed by atoms with E-state index in [1.165, 1.54) is 0 Å². The van der Waals surface area contributed by atoms with Crippen LogP contribution in [-0.2, 0) is 14.3 Å². The molecular formula is C18H30O5. The molecule has 0 saturated carbocycles. The summed E-state index contributed by atoms with van der Waals surface area (Å²) in [6.45, 7) is 6.96. The lowest BCUT2D eigenvalue weighted by Gasteiger charge is -2.30. The number of carbonyl (C=O) groups is 1. The summed E-state index contributed by atoms with van der Waals surface area (Å²) >= 11 is 0. The van der Waals surface area contributed by atoms with Crippen molar-refractivity contribution in [2.75, 3.05) is 7.11 Å². The summed E-state index contributed by atoms with van der Waals surface area (Å²) in [5, 5.41) is 20.8. The van der Waals surface area contributed by atoms with Gasteiger partial charge in [-0.15, -0.1) is 0 Å². The quantitative estimate of drug-likeness (QED) is 0.572. The molecule has 4 atom stereocenters. The van der Waals surface area contributed by atoms with Gasteiger partial charge in [0.05, 0.1) is 17.3 Å². The van der Waals surface area contributed by atoms with E-state index in [0.717, 1.165) is 5.57 Å². The minimum absolute atomic E-state index is 0.0875. The molecule has 0 radical (unpaired) electrons. The summed E-state index contributed by atoms with van der Waals surface area (Å²) in [4.78, 5) is 11.9. The summed E-state index contributed by atoms with van der Waals surface area (Å²) in [5.74, 6) is -0.418. The van der Waals surface area contributed by atoms with E-state index in [1.54, 1.807) is 40.0 Å². The average molecular weight is 326 g/mol. The Labute approximate surface area is 139 Å². The zero-order valence-electron chi connectivity index (χ0n) is 14.8. The normalized spacial score (nSPS) is 39.1. The molecule has 0 saturated heterocycles. The number of rotatable bonds is 1. The topological polar surface area (TPSA) is 76.0 Å². The number of aliphatic hydroxyl groups is 2. The fourth-order valence-electron chi connectivity index (χ4n) is 2.44. The van der Waals surface area contributed by atoms with E-state index >= 15 is 0 Å². The molecular weight excluding hydrogens is 296 g/mol. The molecule has 1 rings (SSSR count). The zero-order chi connectivity index (χ0) is 17.7. The van der Waals surface area contributed by atoms with E-state index in [-0.39, 0.29) is 18.9 Å². The molecule has 0 aliphatic carbocycles. The molecule has 0 aromatic carbocycles. The number of cyclic esters (lactones) is 1. The number of hydrogen-bond acceptors (Lipinski definition) is 5. The highest BCUT2D eigenvalue weighted by Gasteiger charge is 2.31. The highest BCUT2D eigenvalue weighted by Crippen LogP contribution is 2.24. The van der Waals surface area contributed by atoms with E-state index in [9.17, 15) is 15.0 Å². The summed E-state index contributed by atoms with van der Waals surface area (Å²) in [6, 6.07) is 0. The molecule has 0 aromatic heterocycles. The Balaban J connectivity index is 3.02. The van der Waals surface area contributed by atoms with E-state index in [4.69, 9.17) is 9.47 Å². The molecule has 0 bridgehead atoms. The predicted octanol–water partition coefficient (Wildman–Crippen LogP) is 2.51. The Kier molecular flexibility index (Phi) is 6.99. The first kappa shape index (κ1) is 19.9. The van der Waals surface area contributed by atoms with Crippen molar-refractivity contribution in [3.05, 3.63) is 23.8 Å². The standard InChI is InChI=1S/C18H30O5/c1-13-7-6-10-18(4,21)14(2)23-16(19)9-12-17(3,20)11-8-15(13)22-5/h7-8,11,14-15,20-21H,6,9-10,12H2,1-5H3/b11-8+,13-7?/t14-,15+,17-,18-/m1/s1. The van der Waals surface area contributed by atoms with Crippen LogP contribution in [0.4, 0.5) is 0 Å². The first-order valence-corrected chi connectivity index (χ1v) is 8.10. The Morgan fingerprint density at radius 1 is 1.30 bits per heavy atom. The molecule has 2 N–H and O–H groups in total. The lowest BCUT2D eigenvalue weighted by atomic mass is 9.92. The lowest BCUT2D eigenvalue weighted by molar-refractivity contribution is -0.163. The van der Waals surface area contributed by atoms with E-state index in [1.807, 2.05) is 13.0 Å². The van der Waals surface area contributed by atoms with Crippen LogP contribution in [0.3, 0.4) is 0 Å². The molecule has 5 nitrogen and oxygen atoms in total. The minimum atomic E-state index is -1.12. The molecule has 0 spiro atoms. The van der Waals surface area contributed by atoms with Gasteiger partial charge in [-0.2, -0.15) is 0 Å². The lowest BCUT2D eigenvalue weighted by Crippen LogP contribution is -2.40. The van der Waals surface area contributed by atoms with Crippen molar-refractivity contribution in [2.24, 2.45) is 0 Å². The van der Waals surface area contributed by atoms with Crippen LogP contribution in [0.1, 0.15) is 53.4 Å². The van der Waals surface area contributed by atoms with Crippen LogP contribution >= 0.6 is 0 Å². The van der Waals surface area contributed by atoms with Crippen molar-refractivity contribution >= 4 is 5.97 Å². The van der Waals surface area contributed by atoms with Crippen LogP contribution in [0, 0.1) is 0 Å². The predicted molar refractivity (Wildman–Crippen MR) is 89.0 cm³/mol. The number of hydrogen-bond donors (Lipinski definition) is 2. The second kappa shape index (κ2) is 8.08. The number of allylic oxidation sites excluding steroid dienone is 1. The third kappa shape index (κ3) is 6.45. The average Bonchev–Trinajstić information content (AvgIpc) is 2.44. The molecule has 5 heteroatoms. The van der Waals surface area contributed by atoms with Crippen molar-refractivity contribution in [2.45, 2.75) is 76.8 Å². The Bertz CT molecular complexity index is 462. The van der Waals surface area contributed by atoms with Crippen molar-refractivity contribution in [1.82, 2.24) is 0 Å². The molecule has 1 heterocycles. The van der Waals surface area contributed by atoms with Gasteiger partial charge in [0.1, 0.15) is 6.10 Å². The van der Waals surface area contributed by atoms with Crippen LogP contribution in [0.25, 0.3) is 0 Å². The molecule has 1 aliphatic rings. The second-order valence-electron chi connectivity index (χ2n) is 6.85. The van der Waals surface area contributed by atoms with Gasteiger partial charge in [-0.25, -0.2) is 0 Å². The summed E-state index contributed by atoms with van der Waals surface area (Å²) in [7, 11) is 1.61. The first-order chi connectivity index (χ1) is 10.6. The van der Waals surface area contributed by atoms with Crippen LogP contribution < -0.4 is 0 Å². The maximum Gasteiger partial charge on any atom is 0.306 e. The summed E-state index contributed by atoms with van der Waals surface area (Å²) < 4.78 is 10.7. The SMILES string of the molecule is CO[C@H]1/C=C/[C@@](C)(O)CCC(=O)O[C@H](C)[C@](C)(O)CCC=C1C. The van der Waals surface area contributed by atoms with E-state index < -0.39 is 23.3 Å². The Hall–Kier alpha value is -1.17. The van der Waals surface area contributed by atoms with Gasteiger partial charge in [-0.05, 0) is 52.5 Å². The van der Waals surface area contributed by atoms with E-state index in [2.05, 4.69) is 0 Å². The Morgan fingerprint density at radius 2 is 1.96 bits per heavy atom. The van der Waals surface area contributed by atoms with Gasteiger partial charge in [-0.3, -0.25) is 4.79 Å². The van der Waals surface area contributed by atoms with Gasteiger partial charge in [0.2, 0.25) is 0 Å². The van der Waals surface area contributed by atoms with Crippen LogP contribution in [0.2, 0.25) is 0 Å². The highest BCUT2D eigenvalue weighted by molar-refractivity contribution is 5.69. The van der Waals surface area contributed by atoms with Gasteiger partial charge >= 0.3 is 5.97 Å². The van der Waals surface area contributed by atoms with Crippen LogP contribution in [0.15, 0.2) is 23.8 Å². The van der Waals surface area contributed by atoms with E-state index in [0.29, 0.717) is 12.8 Å². The van der Waals surface area contributed by atoms with Crippen molar-refractivity contribution in [1.29, 1.82) is 0 Å². The molecule has 132 valence electrons. The smallest absolute Gasteiger partial charge is 0.306 e. The van der Waals surface area contributed by atoms with Gasteiger partial charge in [-0.1, -0.05) is 18.2 Å². The minimum Gasteiger partial charge on any atom is -0.460 e. The fraction of sp³-hybridized carbons (Fsp3) is 0.722. The van der Waals surface area contributed by atoms with Gasteiger partial charge < -0.3 is 19.7 Å². The van der Waals surface area contributed by atoms with Crippen molar-refractivity contribution in [3.8, 4) is 0 Å². The van der Waals surface area contributed by atoms with Crippen LogP contribution in [0.5, 0.6) is 0 Å². The summed E-state index contributed by atoms with van der Waals surface area (Å²) in [5.41, 5.74) is -1.21. The number of esters is 1. The third-order valence-electron chi connectivity index (χ3n) is 4.47. The van der Waals surface area contributed by atoms with Gasteiger partial charge in [0.25, 0.3) is 0 Å². The monoisotopic (exact) mass is 326 g/mol. The molecule has 0 unspecified atom stereocenters. The molecule has 0 aromatic rings. The maximum absolute atomic E-state index is 11.9. The van der Waals surface area contributed by atoms with Crippen molar-refractivity contribution < 1.29 is 24.5 Å². The Morgan fingerprint density at radius 3 is 2.57 bits per heavy atom. The van der Waals surface area contributed by atoms with Crippen molar-refractivity contribution in [3.63, 3.8) is 0 Å². The van der Waals surface area contributed by atoms with Crippen LogP contribution in [-0.4, -0.2) is 46.7 Å². The number of carbonyl (C=O) groups excluding carboxylic acids is 1. The third-order valence-corrected chi connectivity index (χ3v) is 4.47. The summed E-state index contributed by atoms with van der Waals surface area (Å²) in [6.07, 6.45) is 6.08. The van der Waals surface area contributed by atoms with Gasteiger partial charge in [0.15, 0.2) is 0 Å². The number of ether oxygens (including phenoxy) is 2. The second-order valence-corrected chi connectivity index (χ2v) is 6.85. The molecule has 0 amide bonds. The zero-order valence-corrected chi connectivity index (χ0v) is 14.8. The first-order valence-electron chi connectivity index (χ1n) is 8.10. The molecule has 0 fully saturated rings.